The monoisotopic (exact) mass is 502 g/mol. The number of rotatable bonds is 11. The Kier molecular flexibility index (Phi) is 8.51. The molecule has 0 saturated carbocycles. The molecular formula is C23H26ClF3N2O5. The second-order valence-corrected chi connectivity index (χ2v) is 9.04. The van der Waals surface area contributed by atoms with E-state index in [1.807, 2.05) is 0 Å². The minimum atomic E-state index is -4.36. The molecule has 0 amide bonds. The number of aliphatic hydroxyl groups is 2. The summed E-state index contributed by atoms with van der Waals surface area (Å²) in [6.45, 7) is -0.121. The van der Waals surface area contributed by atoms with Gasteiger partial charge in [-0.05, 0) is 30.5 Å². The summed E-state index contributed by atoms with van der Waals surface area (Å²) in [4.78, 5) is 29.9. The molecule has 0 aliphatic carbocycles. The Morgan fingerprint density at radius 3 is 2.56 bits per heavy atom. The first kappa shape index (κ1) is 26.3. The molecule has 11 heteroatoms. The predicted octanol–water partition coefficient (Wildman–Crippen LogP) is 3.30. The third kappa shape index (κ3) is 6.65. The third-order valence-electron chi connectivity index (χ3n) is 5.88. The lowest BCUT2D eigenvalue weighted by molar-refractivity contribution is -0.145. The van der Waals surface area contributed by atoms with Gasteiger partial charge in [0, 0.05) is 41.3 Å². The Morgan fingerprint density at radius 2 is 1.97 bits per heavy atom. The number of ketones is 1. The average Bonchev–Trinajstić information content (AvgIpc) is 2.74. The number of benzene rings is 1. The zero-order valence-corrected chi connectivity index (χ0v) is 19.2. The molecule has 1 aromatic heterocycles. The van der Waals surface area contributed by atoms with Gasteiger partial charge in [0.25, 0.3) is 5.56 Å². The Labute approximate surface area is 199 Å². The highest BCUT2D eigenvalue weighted by atomic mass is 35.5. The number of halogens is 4. The first-order chi connectivity index (χ1) is 16.1. The fourth-order valence-electron chi connectivity index (χ4n) is 3.81. The maximum absolute atomic E-state index is 12.9. The largest absolute Gasteiger partial charge is 0.396 e. The Balaban J connectivity index is 1.88. The quantitative estimate of drug-likeness (QED) is 0.489. The third-order valence-corrected chi connectivity index (χ3v) is 6.12. The van der Waals surface area contributed by atoms with Crippen LogP contribution in [0.4, 0.5) is 13.2 Å². The maximum Gasteiger partial charge on any atom is 0.389 e. The van der Waals surface area contributed by atoms with E-state index in [1.165, 1.54) is 12.1 Å². The van der Waals surface area contributed by atoms with E-state index < -0.39 is 23.6 Å². The van der Waals surface area contributed by atoms with Crippen LogP contribution in [0.1, 0.15) is 37.1 Å². The van der Waals surface area contributed by atoms with Crippen molar-refractivity contribution in [1.82, 2.24) is 9.55 Å². The van der Waals surface area contributed by atoms with E-state index in [1.54, 1.807) is 12.1 Å². The van der Waals surface area contributed by atoms with Crippen molar-refractivity contribution in [1.29, 1.82) is 0 Å². The number of carbonyl (C=O) groups is 1. The summed E-state index contributed by atoms with van der Waals surface area (Å²) in [5.41, 5.74) is -0.0284. The van der Waals surface area contributed by atoms with Crippen LogP contribution < -0.4 is 5.56 Å². The van der Waals surface area contributed by atoms with Crippen LogP contribution >= 0.6 is 11.6 Å². The molecule has 1 aliphatic heterocycles. The molecule has 7 nitrogen and oxygen atoms in total. The number of hydrogen-bond donors (Lipinski definition) is 2. The van der Waals surface area contributed by atoms with E-state index in [0.29, 0.717) is 35.8 Å². The van der Waals surface area contributed by atoms with E-state index in [-0.39, 0.29) is 56.3 Å². The number of aromatic nitrogens is 2. The first-order valence-electron chi connectivity index (χ1n) is 10.8. The molecule has 2 aromatic rings. The molecule has 186 valence electrons. The number of carbonyl (C=O) groups excluding carboxylic acids is 1. The Morgan fingerprint density at radius 1 is 1.24 bits per heavy atom. The molecule has 0 atom stereocenters. The summed E-state index contributed by atoms with van der Waals surface area (Å²) < 4.78 is 44.3. The molecule has 0 spiro atoms. The molecular weight excluding hydrogens is 477 g/mol. The van der Waals surface area contributed by atoms with Crippen molar-refractivity contribution in [2.45, 2.75) is 51.4 Å². The van der Waals surface area contributed by atoms with Crippen LogP contribution in [0.25, 0.3) is 11.3 Å². The number of Topliss-reactive ketones (excluding diaryl/α,β-unsaturated/α-hetero) is 1. The first-order valence-corrected chi connectivity index (χ1v) is 11.2. The summed E-state index contributed by atoms with van der Waals surface area (Å²) >= 11 is 5.96. The van der Waals surface area contributed by atoms with E-state index in [2.05, 4.69) is 4.98 Å². The van der Waals surface area contributed by atoms with E-state index in [9.17, 15) is 33.0 Å². The normalized spacial score (nSPS) is 15.2. The minimum absolute atomic E-state index is 0.0581. The highest BCUT2D eigenvalue weighted by Gasteiger charge is 2.38. The van der Waals surface area contributed by atoms with Gasteiger partial charge in [0.15, 0.2) is 5.78 Å². The van der Waals surface area contributed by atoms with Crippen molar-refractivity contribution < 1.29 is 32.9 Å². The fourth-order valence-corrected chi connectivity index (χ4v) is 4.00. The van der Waals surface area contributed by atoms with Gasteiger partial charge in [-0.2, -0.15) is 13.2 Å². The fraction of sp³-hybridized carbons (Fsp3) is 0.522. The highest BCUT2D eigenvalue weighted by molar-refractivity contribution is 6.30. The number of hydrogen-bond acceptors (Lipinski definition) is 6. The second-order valence-electron chi connectivity index (χ2n) is 8.60. The van der Waals surface area contributed by atoms with Crippen LogP contribution in [-0.2, 0) is 29.1 Å². The lowest BCUT2D eigenvalue weighted by Crippen LogP contribution is -2.46. The van der Waals surface area contributed by atoms with Crippen LogP contribution in [-0.4, -0.2) is 51.5 Å². The summed E-state index contributed by atoms with van der Waals surface area (Å²) in [6, 6.07) is 5.83. The average molecular weight is 503 g/mol. The van der Waals surface area contributed by atoms with Gasteiger partial charge in [0.2, 0.25) is 0 Å². The van der Waals surface area contributed by atoms with Gasteiger partial charge in [-0.15, -0.1) is 0 Å². The number of aliphatic hydroxyl groups excluding tert-OH is 2. The van der Waals surface area contributed by atoms with Gasteiger partial charge in [-0.3, -0.25) is 14.2 Å². The molecule has 1 fully saturated rings. The summed E-state index contributed by atoms with van der Waals surface area (Å²) in [5, 5.41) is 19.5. The molecule has 2 heterocycles. The second kappa shape index (κ2) is 11.0. The lowest BCUT2D eigenvalue weighted by Gasteiger charge is -2.39. The molecule has 1 aliphatic rings. The van der Waals surface area contributed by atoms with E-state index in [0.717, 1.165) is 4.57 Å². The van der Waals surface area contributed by atoms with Crippen molar-refractivity contribution in [2.75, 3.05) is 19.8 Å². The topological polar surface area (TPSA) is 102 Å². The molecule has 1 aromatic carbocycles. The molecule has 0 unspecified atom stereocenters. The lowest BCUT2D eigenvalue weighted by atomic mass is 9.81. The number of nitrogens with zero attached hydrogens (tertiary/aromatic N) is 2. The minimum Gasteiger partial charge on any atom is -0.396 e. The number of alkyl halides is 3. The number of ether oxygens (including phenoxy) is 1. The predicted molar refractivity (Wildman–Crippen MR) is 118 cm³/mol. The van der Waals surface area contributed by atoms with Crippen LogP contribution in [0, 0.1) is 5.41 Å². The van der Waals surface area contributed by atoms with E-state index >= 15 is 0 Å². The Hall–Kier alpha value is -2.27. The van der Waals surface area contributed by atoms with Crippen molar-refractivity contribution in [3.63, 3.8) is 0 Å². The van der Waals surface area contributed by atoms with Crippen LogP contribution in [0.3, 0.4) is 0 Å². The molecule has 34 heavy (non-hydrogen) atoms. The van der Waals surface area contributed by atoms with Gasteiger partial charge >= 0.3 is 6.18 Å². The Bertz CT molecular complexity index is 1080. The summed E-state index contributed by atoms with van der Waals surface area (Å²) in [5.74, 6) is -0.237. The number of aryl methyl sites for hydroxylation is 1. The van der Waals surface area contributed by atoms with Crippen LogP contribution in [0.5, 0.6) is 0 Å². The zero-order chi connectivity index (χ0) is 24.9. The molecule has 0 radical (unpaired) electrons. The highest BCUT2D eigenvalue weighted by Crippen LogP contribution is 2.32. The van der Waals surface area contributed by atoms with Crippen molar-refractivity contribution >= 4 is 17.4 Å². The molecule has 2 N–H and O–H groups in total. The molecule has 3 rings (SSSR count). The van der Waals surface area contributed by atoms with Gasteiger partial charge in [0.05, 0.1) is 38.7 Å². The van der Waals surface area contributed by atoms with Crippen molar-refractivity contribution in [2.24, 2.45) is 5.41 Å². The summed E-state index contributed by atoms with van der Waals surface area (Å²) in [7, 11) is 0. The van der Waals surface area contributed by atoms with Gasteiger partial charge in [-0.1, -0.05) is 17.7 Å². The van der Waals surface area contributed by atoms with Gasteiger partial charge < -0.3 is 14.9 Å². The van der Waals surface area contributed by atoms with Crippen molar-refractivity contribution in [3.8, 4) is 11.3 Å². The standard InChI is InChI=1S/C23H26ClF3N2O5/c24-16-3-4-18(15(8-16)11-30)19-9-21(33)29(20(28-19)2-1-6-23(25,26)27)10-17(32)5-7-22(12-31)13-34-14-22/h3-4,8-9,30-31H,1-2,5-7,10-14H2. The summed E-state index contributed by atoms with van der Waals surface area (Å²) in [6.07, 6.45) is -5.40. The van der Waals surface area contributed by atoms with Crippen LogP contribution in [0.2, 0.25) is 5.02 Å². The van der Waals surface area contributed by atoms with E-state index in [4.69, 9.17) is 16.3 Å². The smallest absolute Gasteiger partial charge is 0.389 e. The SMILES string of the molecule is O=C(CCC1(CO)COC1)Cn1c(CCCC(F)(F)F)nc(-c2ccc(Cl)cc2CO)cc1=O. The van der Waals surface area contributed by atoms with Crippen LogP contribution in [0.15, 0.2) is 29.1 Å². The zero-order valence-electron chi connectivity index (χ0n) is 18.4. The van der Waals surface area contributed by atoms with Gasteiger partial charge in [0.1, 0.15) is 5.82 Å². The molecule has 0 bridgehead atoms. The van der Waals surface area contributed by atoms with Gasteiger partial charge in [-0.25, -0.2) is 4.98 Å². The van der Waals surface area contributed by atoms with Crippen molar-refractivity contribution in [3.05, 3.63) is 51.0 Å². The maximum atomic E-state index is 12.9. The molecule has 1 saturated heterocycles.